The fourth-order valence-corrected chi connectivity index (χ4v) is 5.72. The number of hydrogen-bond acceptors (Lipinski definition) is 7. The number of nitrogens with two attached hydrogens (primary N) is 1. The van der Waals surface area contributed by atoms with Gasteiger partial charge in [0.2, 0.25) is 11.7 Å². The highest BCUT2D eigenvalue weighted by Crippen LogP contribution is 2.50. The van der Waals surface area contributed by atoms with Crippen LogP contribution < -0.4 is 5.73 Å². The lowest BCUT2D eigenvalue weighted by Crippen LogP contribution is -2.44. The zero-order valence-corrected chi connectivity index (χ0v) is 17.6. The van der Waals surface area contributed by atoms with Gasteiger partial charge in [0.25, 0.3) is 0 Å². The molecule has 0 spiro atoms. The van der Waals surface area contributed by atoms with E-state index < -0.39 is 5.54 Å². The minimum absolute atomic E-state index is 0.0175. The normalized spacial score (nSPS) is 30.0. The van der Waals surface area contributed by atoms with Crippen molar-refractivity contribution in [2.75, 3.05) is 5.73 Å². The quantitative estimate of drug-likeness (QED) is 0.744. The summed E-state index contributed by atoms with van der Waals surface area (Å²) in [5.41, 5.74) is 7.04. The average Bonchev–Trinajstić information content (AvgIpc) is 3.39. The van der Waals surface area contributed by atoms with Crippen LogP contribution in [0.2, 0.25) is 0 Å². The van der Waals surface area contributed by atoms with E-state index in [9.17, 15) is 14.0 Å². The Kier molecular flexibility index (Phi) is 5.15. The monoisotopic (exact) mass is 433 g/mol. The van der Waals surface area contributed by atoms with Crippen LogP contribution in [0.1, 0.15) is 49.8 Å². The fourth-order valence-electron chi connectivity index (χ4n) is 5.72. The standard InChI is InChI=1S/C24H24FN5O2/c25-17-6-4-15(5-7-17)24(22(28-13-29-24)19-10-11-27-23(26)30-19)16-3-1-2-14(12-16)18-8-9-20(31)21(18)32/h4-7,10-11,13-14,16,18H,1-3,8-9,12H2,(H2,26,27,30). The first kappa shape index (κ1) is 20.6. The summed E-state index contributed by atoms with van der Waals surface area (Å²) in [4.78, 5) is 42.2. The van der Waals surface area contributed by atoms with Gasteiger partial charge >= 0.3 is 0 Å². The zero-order chi connectivity index (χ0) is 22.3. The van der Waals surface area contributed by atoms with E-state index in [2.05, 4.69) is 15.0 Å². The highest BCUT2D eigenvalue weighted by molar-refractivity contribution is 6.39. The molecule has 2 fully saturated rings. The predicted molar refractivity (Wildman–Crippen MR) is 118 cm³/mol. The summed E-state index contributed by atoms with van der Waals surface area (Å²) in [6.45, 7) is 0. The first-order valence-electron chi connectivity index (χ1n) is 11.0. The third-order valence-electron chi connectivity index (χ3n) is 7.18. The number of nitrogen functional groups attached to an aromatic ring is 1. The van der Waals surface area contributed by atoms with Crippen molar-refractivity contribution in [1.82, 2.24) is 9.97 Å². The molecule has 2 N–H and O–H groups in total. The van der Waals surface area contributed by atoms with Gasteiger partial charge in [0.1, 0.15) is 23.4 Å². The van der Waals surface area contributed by atoms with E-state index in [1.165, 1.54) is 18.5 Å². The summed E-state index contributed by atoms with van der Waals surface area (Å²) in [5.74, 6) is -0.728. The number of carbonyl (C=O) groups is 2. The predicted octanol–water partition coefficient (Wildman–Crippen LogP) is 3.28. The Hall–Kier alpha value is -3.29. The molecule has 2 heterocycles. The van der Waals surface area contributed by atoms with Crippen molar-refractivity contribution in [2.45, 2.75) is 44.1 Å². The van der Waals surface area contributed by atoms with Crippen molar-refractivity contribution in [3.8, 4) is 0 Å². The number of aliphatic imine (C=N–C) groups is 2. The third kappa shape index (κ3) is 3.34. The molecule has 0 radical (unpaired) electrons. The summed E-state index contributed by atoms with van der Waals surface area (Å²) < 4.78 is 13.8. The van der Waals surface area contributed by atoms with Gasteiger partial charge in [0.05, 0.1) is 5.69 Å². The number of Topliss-reactive ketones (excluding diaryl/α,β-unsaturated/α-hetero) is 2. The van der Waals surface area contributed by atoms with Crippen molar-refractivity contribution in [2.24, 2.45) is 27.7 Å². The summed E-state index contributed by atoms with van der Waals surface area (Å²) >= 11 is 0. The lowest BCUT2D eigenvalue weighted by molar-refractivity contribution is -0.136. The van der Waals surface area contributed by atoms with Crippen LogP contribution in [0.4, 0.5) is 10.3 Å². The van der Waals surface area contributed by atoms with Crippen LogP contribution >= 0.6 is 0 Å². The van der Waals surface area contributed by atoms with Gasteiger partial charge in [0.15, 0.2) is 5.78 Å². The highest BCUT2D eigenvalue weighted by atomic mass is 19.1. The highest BCUT2D eigenvalue weighted by Gasteiger charge is 2.51. The van der Waals surface area contributed by atoms with Crippen LogP contribution in [0.3, 0.4) is 0 Å². The largest absolute Gasteiger partial charge is 0.368 e. The van der Waals surface area contributed by atoms with Crippen molar-refractivity contribution in [3.05, 3.63) is 53.6 Å². The van der Waals surface area contributed by atoms with E-state index in [4.69, 9.17) is 10.7 Å². The first-order chi connectivity index (χ1) is 15.5. The number of rotatable bonds is 4. The Morgan fingerprint density at radius 1 is 1.06 bits per heavy atom. The van der Waals surface area contributed by atoms with Crippen LogP contribution in [0, 0.1) is 23.6 Å². The van der Waals surface area contributed by atoms with E-state index in [-0.39, 0.29) is 41.1 Å². The van der Waals surface area contributed by atoms with Crippen molar-refractivity contribution in [1.29, 1.82) is 0 Å². The molecule has 0 saturated heterocycles. The molecule has 32 heavy (non-hydrogen) atoms. The molecule has 0 bridgehead atoms. The molecule has 8 heteroatoms. The maximum absolute atomic E-state index is 13.8. The molecule has 1 aliphatic heterocycles. The molecule has 5 rings (SSSR count). The van der Waals surface area contributed by atoms with Gasteiger partial charge in [-0.2, -0.15) is 0 Å². The van der Waals surface area contributed by atoms with Crippen LogP contribution in [0.5, 0.6) is 0 Å². The number of carbonyl (C=O) groups excluding carboxylic acids is 2. The van der Waals surface area contributed by atoms with Crippen LogP contribution in [-0.4, -0.2) is 33.6 Å². The van der Waals surface area contributed by atoms with Crippen molar-refractivity contribution in [3.63, 3.8) is 0 Å². The summed E-state index contributed by atoms with van der Waals surface area (Å²) in [6, 6.07) is 8.09. The Bertz CT molecular complexity index is 1130. The maximum atomic E-state index is 13.8. The number of ketones is 2. The number of anilines is 1. The molecular weight excluding hydrogens is 409 g/mol. The minimum Gasteiger partial charge on any atom is -0.368 e. The van der Waals surface area contributed by atoms with E-state index in [1.807, 2.05) is 0 Å². The zero-order valence-electron chi connectivity index (χ0n) is 17.6. The van der Waals surface area contributed by atoms with Crippen LogP contribution in [0.15, 0.2) is 46.5 Å². The molecule has 2 saturated carbocycles. The number of benzene rings is 1. The lowest BCUT2D eigenvalue weighted by Gasteiger charge is -2.42. The van der Waals surface area contributed by atoms with Gasteiger partial charge in [-0.15, -0.1) is 0 Å². The average molecular weight is 433 g/mol. The molecule has 1 aromatic carbocycles. The minimum atomic E-state index is -0.862. The number of halogens is 1. The second-order valence-electron chi connectivity index (χ2n) is 8.85. The van der Waals surface area contributed by atoms with Crippen LogP contribution in [-0.2, 0) is 15.1 Å². The van der Waals surface area contributed by atoms with Gasteiger partial charge in [0, 0.05) is 18.5 Å². The number of hydrogen-bond donors (Lipinski definition) is 1. The van der Waals surface area contributed by atoms with Gasteiger partial charge < -0.3 is 5.73 Å². The summed E-state index contributed by atoms with van der Waals surface area (Å²) in [5, 5.41) is 0. The molecule has 2 aliphatic carbocycles. The maximum Gasteiger partial charge on any atom is 0.220 e. The lowest BCUT2D eigenvalue weighted by atomic mass is 9.63. The molecule has 164 valence electrons. The molecule has 3 aliphatic rings. The SMILES string of the molecule is Nc1nccc(C2=NC=NC2(c2ccc(F)cc2)C2CCCC(C3CCC(=O)C3=O)C2)n1. The number of aromatic nitrogens is 2. The molecule has 4 atom stereocenters. The number of nitrogens with zero attached hydrogens (tertiary/aromatic N) is 4. The molecule has 2 aromatic rings. The fraction of sp³-hybridized carbons (Fsp3) is 0.417. The van der Waals surface area contributed by atoms with E-state index in [0.29, 0.717) is 24.2 Å². The molecule has 0 amide bonds. The molecule has 7 nitrogen and oxygen atoms in total. The Morgan fingerprint density at radius 2 is 1.88 bits per heavy atom. The third-order valence-corrected chi connectivity index (χ3v) is 7.18. The summed E-state index contributed by atoms with van der Waals surface area (Å²) in [7, 11) is 0. The second-order valence-corrected chi connectivity index (χ2v) is 8.85. The van der Waals surface area contributed by atoms with E-state index >= 15 is 0 Å². The molecule has 4 unspecified atom stereocenters. The van der Waals surface area contributed by atoms with Gasteiger partial charge in [-0.25, -0.2) is 19.4 Å². The Morgan fingerprint density at radius 3 is 2.59 bits per heavy atom. The molecular formula is C24H24FN5O2. The van der Waals surface area contributed by atoms with Gasteiger partial charge in [-0.05, 0) is 61.3 Å². The topological polar surface area (TPSA) is 111 Å². The van der Waals surface area contributed by atoms with E-state index in [1.54, 1.807) is 24.4 Å². The van der Waals surface area contributed by atoms with E-state index in [0.717, 1.165) is 31.2 Å². The van der Waals surface area contributed by atoms with Crippen molar-refractivity contribution < 1.29 is 14.0 Å². The summed E-state index contributed by atoms with van der Waals surface area (Å²) in [6.07, 6.45) is 7.54. The Labute approximate surface area is 185 Å². The smallest absolute Gasteiger partial charge is 0.220 e. The second kappa shape index (κ2) is 8.00. The van der Waals surface area contributed by atoms with Crippen LogP contribution in [0.25, 0.3) is 0 Å². The van der Waals surface area contributed by atoms with Crippen molar-refractivity contribution >= 4 is 29.6 Å². The van der Waals surface area contributed by atoms with Gasteiger partial charge in [-0.3, -0.25) is 14.6 Å². The van der Waals surface area contributed by atoms with Gasteiger partial charge in [-0.1, -0.05) is 18.6 Å². The Balaban J connectivity index is 1.57. The molecule has 1 aromatic heterocycles. The first-order valence-corrected chi connectivity index (χ1v) is 11.0.